The Morgan fingerprint density at radius 3 is 2.65 bits per heavy atom. The lowest BCUT2D eigenvalue weighted by atomic mass is 9.99. The zero-order valence-corrected chi connectivity index (χ0v) is 15.0. The largest absolute Gasteiger partial charge is 0.320 e. The van der Waals surface area contributed by atoms with Gasteiger partial charge in [-0.05, 0) is 62.1 Å². The molecule has 0 saturated carbocycles. The second-order valence-corrected chi connectivity index (χ2v) is 7.48. The van der Waals surface area contributed by atoms with E-state index >= 15 is 0 Å². The standard InChI is InChI=1S/C15H10Br2ClNS/c16-12-5-4-8(18)6-10(12)14(19)11-7-20-15-9(11)2-1-3-13(15)17/h1-7,14H,19H2. The number of halogens is 3. The van der Waals surface area contributed by atoms with Crippen LogP contribution in [-0.2, 0) is 0 Å². The summed E-state index contributed by atoms with van der Waals surface area (Å²) in [5, 5.41) is 4.00. The summed E-state index contributed by atoms with van der Waals surface area (Å²) >= 11 is 14.9. The van der Waals surface area contributed by atoms with Crippen LogP contribution in [0, 0.1) is 0 Å². The van der Waals surface area contributed by atoms with Crippen LogP contribution in [0.2, 0.25) is 5.02 Å². The second kappa shape index (κ2) is 5.78. The molecule has 1 atom stereocenters. The lowest BCUT2D eigenvalue weighted by molar-refractivity contribution is 0.879. The van der Waals surface area contributed by atoms with E-state index in [1.807, 2.05) is 30.3 Å². The Bertz CT molecular complexity index is 785. The van der Waals surface area contributed by atoms with E-state index in [4.69, 9.17) is 17.3 Å². The Balaban J connectivity index is 2.15. The van der Waals surface area contributed by atoms with Crippen LogP contribution in [0.4, 0.5) is 0 Å². The number of thiophene rings is 1. The highest BCUT2D eigenvalue weighted by Gasteiger charge is 2.17. The molecule has 1 heterocycles. The molecule has 3 aromatic rings. The van der Waals surface area contributed by atoms with Crippen LogP contribution >= 0.6 is 54.8 Å². The molecule has 0 saturated heterocycles. The Kier molecular flexibility index (Phi) is 4.20. The lowest BCUT2D eigenvalue weighted by Crippen LogP contribution is -2.12. The molecule has 1 aromatic heterocycles. The highest BCUT2D eigenvalue weighted by Crippen LogP contribution is 2.38. The van der Waals surface area contributed by atoms with Crippen molar-refractivity contribution in [1.82, 2.24) is 0 Å². The summed E-state index contributed by atoms with van der Waals surface area (Å²) in [4.78, 5) is 0. The molecule has 20 heavy (non-hydrogen) atoms. The van der Waals surface area contributed by atoms with E-state index in [1.54, 1.807) is 11.3 Å². The Hall–Kier alpha value is -0.390. The number of fused-ring (bicyclic) bond motifs is 1. The fraction of sp³-hybridized carbons (Fsp3) is 0.0667. The minimum absolute atomic E-state index is 0.203. The minimum atomic E-state index is -0.203. The van der Waals surface area contributed by atoms with Crippen molar-refractivity contribution in [2.45, 2.75) is 6.04 Å². The predicted octanol–water partition coefficient (Wildman–Crippen LogP) is 6.13. The van der Waals surface area contributed by atoms with Crippen LogP contribution in [0.5, 0.6) is 0 Å². The Morgan fingerprint density at radius 1 is 1.05 bits per heavy atom. The van der Waals surface area contributed by atoms with Crippen molar-refractivity contribution >= 4 is 64.9 Å². The molecule has 0 amide bonds. The lowest BCUT2D eigenvalue weighted by Gasteiger charge is -2.14. The first-order valence-corrected chi connectivity index (χ1v) is 8.78. The molecule has 0 aliphatic rings. The molecule has 2 N–H and O–H groups in total. The number of rotatable bonds is 2. The van der Waals surface area contributed by atoms with Gasteiger partial charge < -0.3 is 5.73 Å². The maximum atomic E-state index is 6.45. The van der Waals surface area contributed by atoms with E-state index < -0.39 is 0 Å². The van der Waals surface area contributed by atoms with Gasteiger partial charge in [0.1, 0.15) is 0 Å². The Labute approximate surface area is 143 Å². The third-order valence-electron chi connectivity index (χ3n) is 3.21. The first kappa shape index (κ1) is 14.5. The average molecular weight is 432 g/mol. The van der Waals surface area contributed by atoms with Gasteiger partial charge in [-0.3, -0.25) is 0 Å². The van der Waals surface area contributed by atoms with Gasteiger partial charge in [0.25, 0.3) is 0 Å². The molecule has 1 nitrogen and oxygen atoms in total. The SMILES string of the molecule is NC(c1cc(Cl)ccc1Br)c1csc2c(Br)cccc12. The van der Waals surface area contributed by atoms with Crippen molar-refractivity contribution in [2.24, 2.45) is 5.73 Å². The third-order valence-corrected chi connectivity index (χ3v) is 6.14. The molecule has 0 bridgehead atoms. The normalized spacial score (nSPS) is 12.8. The summed E-state index contributed by atoms with van der Waals surface area (Å²) in [7, 11) is 0. The molecule has 5 heteroatoms. The van der Waals surface area contributed by atoms with Crippen molar-refractivity contribution in [3.8, 4) is 0 Å². The monoisotopic (exact) mass is 429 g/mol. The zero-order chi connectivity index (χ0) is 14.3. The van der Waals surface area contributed by atoms with E-state index in [-0.39, 0.29) is 6.04 Å². The smallest absolute Gasteiger partial charge is 0.0577 e. The summed E-state index contributed by atoms with van der Waals surface area (Å²) < 4.78 is 3.29. The van der Waals surface area contributed by atoms with Gasteiger partial charge in [-0.25, -0.2) is 0 Å². The molecular weight excluding hydrogens is 422 g/mol. The van der Waals surface area contributed by atoms with Gasteiger partial charge >= 0.3 is 0 Å². The first-order valence-electron chi connectivity index (χ1n) is 5.94. The molecule has 0 spiro atoms. The van der Waals surface area contributed by atoms with Crippen LogP contribution in [0.25, 0.3) is 10.1 Å². The summed E-state index contributed by atoms with van der Waals surface area (Å²) in [5.74, 6) is 0. The van der Waals surface area contributed by atoms with Crippen LogP contribution in [-0.4, -0.2) is 0 Å². The Morgan fingerprint density at radius 2 is 1.85 bits per heavy atom. The molecular formula is C15H10Br2ClNS. The van der Waals surface area contributed by atoms with Gasteiger partial charge in [0.2, 0.25) is 0 Å². The summed E-state index contributed by atoms with van der Waals surface area (Å²) in [6, 6.07) is 11.7. The molecule has 0 aliphatic carbocycles. The maximum Gasteiger partial charge on any atom is 0.0577 e. The van der Waals surface area contributed by atoms with Crippen molar-refractivity contribution in [2.75, 3.05) is 0 Å². The van der Waals surface area contributed by atoms with Gasteiger partial charge in [0.15, 0.2) is 0 Å². The zero-order valence-electron chi connectivity index (χ0n) is 10.2. The van der Waals surface area contributed by atoms with Crippen LogP contribution < -0.4 is 5.73 Å². The topological polar surface area (TPSA) is 26.0 Å². The quantitative estimate of drug-likeness (QED) is 0.519. The third kappa shape index (κ3) is 2.55. The summed E-state index contributed by atoms with van der Waals surface area (Å²) in [5.41, 5.74) is 8.57. The van der Waals surface area contributed by atoms with Crippen LogP contribution in [0.3, 0.4) is 0 Å². The first-order chi connectivity index (χ1) is 9.58. The van der Waals surface area contributed by atoms with Gasteiger partial charge in [0.05, 0.1) is 6.04 Å². The predicted molar refractivity (Wildman–Crippen MR) is 94.7 cm³/mol. The van der Waals surface area contributed by atoms with E-state index in [0.29, 0.717) is 5.02 Å². The number of hydrogen-bond donors (Lipinski definition) is 1. The molecule has 0 fully saturated rings. The molecule has 0 aliphatic heterocycles. The highest BCUT2D eigenvalue weighted by atomic mass is 79.9. The molecule has 2 aromatic carbocycles. The van der Waals surface area contributed by atoms with E-state index in [9.17, 15) is 0 Å². The van der Waals surface area contributed by atoms with Gasteiger partial charge in [-0.15, -0.1) is 11.3 Å². The molecule has 0 radical (unpaired) electrons. The number of nitrogens with two attached hydrogens (primary N) is 1. The second-order valence-electron chi connectivity index (χ2n) is 4.45. The summed E-state index contributed by atoms with van der Waals surface area (Å²) in [6.45, 7) is 0. The average Bonchev–Trinajstić information content (AvgIpc) is 2.86. The van der Waals surface area contributed by atoms with E-state index in [1.165, 1.54) is 10.1 Å². The highest BCUT2D eigenvalue weighted by molar-refractivity contribution is 9.11. The van der Waals surface area contributed by atoms with Crippen LogP contribution in [0.1, 0.15) is 17.2 Å². The van der Waals surface area contributed by atoms with Gasteiger partial charge in [0, 0.05) is 18.7 Å². The van der Waals surface area contributed by atoms with Crippen molar-refractivity contribution in [1.29, 1.82) is 0 Å². The minimum Gasteiger partial charge on any atom is -0.320 e. The van der Waals surface area contributed by atoms with E-state index in [0.717, 1.165) is 20.1 Å². The number of benzene rings is 2. The molecule has 3 rings (SSSR count). The fourth-order valence-electron chi connectivity index (χ4n) is 2.20. The molecule has 1 unspecified atom stereocenters. The maximum absolute atomic E-state index is 6.45. The summed E-state index contributed by atoms with van der Waals surface area (Å²) in [6.07, 6.45) is 0. The van der Waals surface area contributed by atoms with E-state index in [2.05, 4.69) is 43.3 Å². The van der Waals surface area contributed by atoms with Crippen molar-refractivity contribution < 1.29 is 0 Å². The molecule has 102 valence electrons. The van der Waals surface area contributed by atoms with Crippen LogP contribution in [0.15, 0.2) is 50.7 Å². The fourth-order valence-corrected chi connectivity index (χ4v) is 4.54. The van der Waals surface area contributed by atoms with Crippen molar-refractivity contribution in [3.63, 3.8) is 0 Å². The number of hydrogen-bond acceptors (Lipinski definition) is 2. The van der Waals surface area contributed by atoms with Gasteiger partial charge in [-0.2, -0.15) is 0 Å². The van der Waals surface area contributed by atoms with Gasteiger partial charge in [-0.1, -0.05) is 39.7 Å². The van der Waals surface area contributed by atoms with Crippen molar-refractivity contribution in [3.05, 3.63) is 66.9 Å².